The van der Waals surface area contributed by atoms with E-state index in [-0.39, 0.29) is 18.6 Å². The number of nitrogens with one attached hydrogen (secondary N) is 3. The molecule has 0 aliphatic heterocycles. The third-order valence-electron chi connectivity index (χ3n) is 5.07. The van der Waals surface area contributed by atoms with Crippen LogP contribution in [0.2, 0.25) is 0 Å². The number of rotatable bonds is 10. The molecule has 1 aliphatic rings. The molecule has 0 radical (unpaired) electrons. The first-order chi connectivity index (χ1) is 14.0. The molecule has 1 saturated carbocycles. The third kappa shape index (κ3) is 9.74. The van der Waals surface area contributed by atoms with Gasteiger partial charge in [0.05, 0.1) is 4.99 Å². The molecule has 1 aromatic carbocycles. The third-order valence-corrected chi connectivity index (χ3v) is 5.21. The maximum Gasteiger partial charge on any atom is 0.408 e. The van der Waals surface area contributed by atoms with Crippen LogP contribution >= 0.6 is 12.2 Å². The van der Waals surface area contributed by atoms with E-state index in [0.29, 0.717) is 6.42 Å². The highest BCUT2D eigenvalue weighted by Crippen LogP contribution is 2.17. The fourth-order valence-corrected chi connectivity index (χ4v) is 3.56. The van der Waals surface area contributed by atoms with Gasteiger partial charge in [0.15, 0.2) is 0 Å². The van der Waals surface area contributed by atoms with E-state index in [2.05, 4.69) is 16.0 Å². The Morgan fingerprint density at radius 2 is 1.86 bits per heavy atom. The van der Waals surface area contributed by atoms with E-state index >= 15 is 0 Å². The highest BCUT2D eigenvalue weighted by Gasteiger charge is 2.24. The van der Waals surface area contributed by atoms with Crippen molar-refractivity contribution in [1.29, 1.82) is 0 Å². The Morgan fingerprint density at radius 3 is 2.55 bits per heavy atom. The van der Waals surface area contributed by atoms with Crippen molar-refractivity contribution in [3.8, 4) is 0 Å². The number of carbonyl (C=O) groups excluding carboxylic acids is 2. The highest BCUT2D eigenvalue weighted by molar-refractivity contribution is 7.80. The van der Waals surface area contributed by atoms with Gasteiger partial charge in [-0.1, -0.05) is 61.8 Å². The van der Waals surface area contributed by atoms with Crippen LogP contribution in [0.15, 0.2) is 30.3 Å². The van der Waals surface area contributed by atoms with Crippen molar-refractivity contribution < 1.29 is 14.3 Å². The van der Waals surface area contributed by atoms with Crippen molar-refractivity contribution in [1.82, 2.24) is 16.0 Å². The van der Waals surface area contributed by atoms with Crippen LogP contribution in [0.1, 0.15) is 63.9 Å². The van der Waals surface area contributed by atoms with E-state index in [1.165, 1.54) is 6.42 Å². The first kappa shape index (κ1) is 23.1. The number of thiocarbonyl (C=S) groups is 1. The molecule has 29 heavy (non-hydrogen) atoms. The highest BCUT2D eigenvalue weighted by atomic mass is 32.1. The van der Waals surface area contributed by atoms with Crippen molar-refractivity contribution in [3.63, 3.8) is 0 Å². The zero-order valence-corrected chi connectivity index (χ0v) is 18.1. The summed E-state index contributed by atoms with van der Waals surface area (Å²) in [5.74, 6) is -0.118. The standard InChI is InChI=1S/C22H33N3O3S/c1-17(29)23-15-9-8-14-20(21(26)24-19-12-6-3-7-13-19)25-22(27)28-16-18-10-4-2-5-11-18/h2,4-5,10-11,19-20H,3,6-9,12-16H2,1H3,(H,23,29)(H,24,26)(H,25,27)/t20-/m0/s1. The zero-order valence-electron chi connectivity index (χ0n) is 17.2. The SMILES string of the molecule is CC(=S)NCCCC[C@H](NC(=O)OCc1ccccc1)C(=O)NC1CCCCC1. The number of benzene rings is 1. The summed E-state index contributed by atoms with van der Waals surface area (Å²) in [4.78, 5) is 25.8. The number of carbonyl (C=O) groups is 2. The first-order valence-electron chi connectivity index (χ1n) is 10.6. The normalized spacial score (nSPS) is 15.2. The molecule has 1 atom stereocenters. The summed E-state index contributed by atoms with van der Waals surface area (Å²) in [6.45, 7) is 2.80. The van der Waals surface area contributed by atoms with E-state index in [1.54, 1.807) is 0 Å². The lowest BCUT2D eigenvalue weighted by Gasteiger charge is -2.26. The van der Waals surface area contributed by atoms with Gasteiger partial charge in [0.1, 0.15) is 12.6 Å². The van der Waals surface area contributed by atoms with Gasteiger partial charge in [0, 0.05) is 12.6 Å². The largest absolute Gasteiger partial charge is 0.445 e. The fourth-order valence-electron chi connectivity index (χ4n) is 3.46. The quantitative estimate of drug-likeness (QED) is 0.397. The van der Waals surface area contributed by atoms with Crippen LogP contribution < -0.4 is 16.0 Å². The summed E-state index contributed by atoms with van der Waals surface area (Å²) in [5.41, 5.74) is 0.910. The number of ether oxygens (including phenoxy) is 1. The molecular weight excluding hydrogens is 386 g/mol. The smallest absolute Gasteiger partial charge is 0.408 e. The van der Waals surface area contributed by atoms with Crippen LogP contribution in [-0.4, -0.2) is 35.6 Å². The molecule has 0 heterocycles. The van der Waals surface area contributed by atoms with Gasteiger partial charge in [-0.2, -0.15) is 0 Å². The number of alkyl carbamates (subject to hydrolysis) is 1. The summed E-state index contributed by atoms with van der Waals surface area (Å²) < 4.78 is 5.30. The van der Waals surface area contributed by atoms with Gasteiger partial charge in [0.2, 0.25) is 5.91 Å². The molecule has 1 fully saturated rings. The molecule has 2 rings (SSSR count). The van der Waals surface area contributed by atoms with Crippen LogP contribution in [-0.2, 0) is 16.1 Å². The number of amides is 2. The monoisotopic (exact) mass is 419 g/mol. The second kappa shape index (κ2) is 13.1. The lowest BCUT2D eigenvalue weighted by molar-refractivity contribution is -0.124. The fraction of sp³-hybridized carbons (Fsp3) is 0.591. The zero-order chi connectivity index (χ0) is 20.9. The molecule has 0 saturated heterocycles. The molecule has 6 nitrogen and oxygen atoms in total. The Labute approximate surface area is 179 Å². The minimum Gasteiger partial charge on any atom is -0.445 e. The predicted octanol–water partition coefficient (Wildman–Crippen LogP) is 3.84. The van der Waals surface area contributed by atoms with E-state index in [9.17, 15) is 9.59 Å². The Kier molecular flexibility index (Phi) is 10.5. The van der Waals surface area contributed by atoms with Crippen molar-refractivity contribution >= 4 is 29.2 Å². The summed E-state index contributed by atoms with van der Waals surface area (Å²) in [7, 11) is 0. The molecule has 1 aliphatic carbocycles. The number of unbranched alkanes of at least 4 members (excludes halogenated alkanes) is 1. The molecule has 0 aromatic heterocycles. The Morgan fingerprint density at radius 1 is 1.14 bits per heavy atom. The molecule has 0 spiro atoms. The second-order valence-corrected chi connectivity index (χ2v) is 8.19. The minimum atomic E-state index is -0.589. The maximum absolute atomic E-state index is 12.8. The van der Waals surface area contributed by atoms with Crippen molar-refractivity contribution in [2.45, 2.75) is 77.0 Å². The van der Waals surface area contributed by atoms with Crippen LogP contribution in [0.5, 0.6) is 0 Å². The molecule has 7 heteroatoms. The molecule has 3 N–H and O–H groups in total. The first-order valence-corrected chi connectivity index (χ1v) is 11.0. The van der Waals surface area contributed by atoms with Crippen LogP contribution in [0.25, 0.3) is 0 Å². The molecule has 1 aromatic rings. The number of hydrogen-bond acceptors (Lipinski definition) is 4. The summed E-state index contributed by atoms with van der Waals surface area (Å²) in [5, 5.41) is 8.98. The molecular formula is C22H33N3O3S. The predicted molar refractivity (Wildman–Crippen MR) is 119 cm³/mol. The lowest BCUT2D eigenvalue weighted by Crippen LogP contribution is -2.50. The summed E-state index contributed by atoms with van der Waals surface area (Å²) in [6.07, 6.45) is 7.22. The van der Waals surface area contributed by atoms with Gasteiger partial charge in [-0.05, 0) is 44.6 Å². The molecule has 160 valence electrons. The van der Waals surface area contributed by atoms with Crippen LogP contribution in [0, 0.1) is 0 Å². The van der Waals surface area contributed by atoms with Gasteiger partial charge in [-0.25, -0.2) is 4.79 Å². The maximum atomic E-state index is 12.8. The molecule has 2 amide bonds. The van der Waals surface area contributed by atoms with Crippen LogP contribution in [0.3, 0.4) is 0 Å². The molecule has 0 bridgehead atoms. The van der Waals surface area contributed by atoms with Crippen molar-refractivity contribution in [2.24, 2.45) is 0 Å². The average Bonchev–Trinajstić information content (AvgIpc) is 2.72. The average molecular weight is 420 g/mol. The Hall–Kier alpha value is -2.15. The summed E-state index contributed by atoms with van der Waals surface area (Å²) in [6, 6.07) is 9.11. The van der Waals surface area contributed by atoms with E-state index in [0.717, 1.165) is 55.6 Å². The van der Waals surface area contributed by atoms with E-state index in [1.807, 2.05) is 37.3 Å². The van der Waals surface area contributed by atoms with Gasteiger partial charge in [0.25, 0.3) is 0 Å². The number of hydrogen-bond donors (Lipinski definition) is 3. The Bertz CT molecular complexity index is 648. The molecule has 0 unspecified atom stereocenters. The van der Waals surface area contributed by atoms with Gasteiger partial charge >= 0.3 is 6.09 Å². The van der Waals surface area contributed by atoms with Gasteiger partial charge < -0.3 is 20.7 Å². The second-order valence-electron chi connectivity index (χ2n) is 7.58. The van der Waals surface area contributed by atoms with E-state index < -0.39 is 12.1 Å². The Balaban J connectivity index is 1.83. The van der Waals surface area contributed by atoms with Crippen molar-refractivity contribution in [3.05, 3.63) is 35.9 Å². The van der Waals surface area contributed by atoms with Crippen LogP contribution in [0.4, 0.5) is 4.79 Å². The van der Waals surface area contributed by atoms with Crippen molar-refractivity contribution in [2.75, 3.05) is 6.54 Å². The summed E-state index contributed by atoms with van der Waals surface area (Å²) >= 11 is 5.01. The lowest BCUT2D eigenvalue weighted by atomic mass is 9.95. The topological polar surface area (TPSA) is 79.5 Å². The van der Waals surface area contributed by atoms with E-state index in [4.69, 9.17) is 17.0 Å². The van der Waals surface area contributed by atoms with Gasteiger partial charge in [-0.15, -0.1) is 0 Å². The van der Waals surface area contributed by atoms with Gasteiger partial charge in [-0.3, -0.25) is 4.79 Å². The minimum absolute atomic E-state index is 0.118.